The van der Waals surface area contributed by atoms with Crippen molar-refractivity contribution in [1.82, 2.24) is 0 Å². The molecule has 0 fully saturated rings. The van der Waals surface area contributed by atoms with E-state index in [9.17, 15) is 0 Å². The summed E-state index contributed by atoms with van der Waals surface area (Å²) in [4.78, 5) is 0. The summed E-state index contributed by atoms with van der Waals surface area (Å²) in [5.41, 5.74) is 0. The van der Waals surface area contributed by atoms with Crippen molar-refractivity contribution in [2.24, 2.45) is 4.40 Å². The Morgan fingerprint density at radius 2 is 2.20 bits per heavy atom. The average Bonchev–Trinajstić information content (AvgIpc) is 1.38. The summed E-state index contributed by atoms with van der Waals surface area (Å²) in [7, 11) is -0.584. The first-order valence-corrected chi connectivity index (χ1v) is 3.03. The van der Waals surface area contributed by atoms with E-state index in [0.717, 1.165) is 0 Å². The molecule has 0 radical (unpaired) electrons. The molecule has 0 saturated heterocycles. The van der Waals surface area contributed by atoms with Gasteiger partial charge in [-0.25, -0.2) is 0 Å². The van der Waals surface area contributed by atoms with Crippen molar-refractivity contribution >= 4 is 23.6 Å². The third kappa shape index (κ3) is 4.08. The molecule has 0 aliphatic carbocycles. The quantitative estimate of drug-likeness (QED) is 0.248. The molecule has 1 unspecified atom stereocenters. The van der Waals surface area contributed by atoms with Gasteiger partial charge in [-0.1, -0.05) is 0 Å². The summed E-state index contributed by atoms with van der Waals surface area (Å²) >= 11 is 0. The minimum atomic E-state index is -0.584. The van der Waals surface area contributed by atoms with Crippen LogP contribution in [0.1, 0.15) is 0 Å². The van der Waals surface area contributed by atoms with Gasteiger partial charge in [-0.15, -0.1) is 0 Å². The molecule has 0 aromatic rings. The number of hydrogen-bond acceptors (Lipinski definition) is 1. The van der Waals surface area contributed by atoms with Crippen LogP contribution in [0.2, 0.25) is 0 Å². The second kappa shape index (κ2) is 2.33. The topological polar surface area (TPSA) is 12.4 Å². The molecule has 3 heteroatoms. The van der Waals surface area contributed by atoms with Gasteiger partial charge in [0.2, 0.25) is 0 Å². The Bertz CT molecular complexity index is 89.6. The van der Waals surface area contributed by atoms with Crippen molar-refractivity contribution in [2.45, 2.75) is 0 Å². The predicted octanol–water partition coefficient (Wildman–Crippen LogP) is 0.317. The van der Waals surface area contributed by atoms with Crippen LogP contribution in [0.3, 0.4) is 0 Å². The molecular weight excluding hydrogens is 80.9 g/mol. The Labute approximate surface area is 35.1 Å². The zero-order valence-corrected chi connectivity index (χ0v) is 4.07. The molecule has 0 aliphatic heterocycles. The van der Waals surface area contributed by atoms with E-state index in [4.69, 9.17) is 6.53 Å². The van der Waals surface area contributed by atoms with Gasteiger partial charge in [0.1, 0.15) is 0 Å². The molecule has 1 nitrogen and oxygen atoms in total. The van der Waals surface area contributed by atoms with Crippen molar-refractivity contribution in [3.8, 4) is 0 Å². The molecule has 0 amide bonds. The van der Waals surface area contributed by atoms with Crippen molar-refractivity contribution in [3.05, 3.63) is 0 Å². The zero-order chi connectivity index (χ0) is 4.28. The first kappa shape index (κ1) is 5.08. The van der Waals surface area contributed by atoms with Gasteiger partial charge in [-0.05, 0) is 0 Å². The van der Waals surface area contributed by atoms with Gasteiger partial charge < -0.3 is 0 Å². The maximum atomic E-state index is 5.13. The van der Waals surface area contributed by atoms with Crippen LogP contribution in [0.5, 0.6) is 0 Å². The summed E-state index contributed by atoms with van der Waals surface area (Å²) < 4.78 is 3.48. The van der Waals surface area contributed by atoms with Gasteiger partial charge >= 0.3 is 34.2 Å². The van der Waals surface area contributed by atoms with Gasteiger partial charge in [0.05, 0.1) is 0 Å². The van der Waals surface area contributed by atoms with Crippen LogP contribution in [-0.4, -0.2) is 19.5 Å². The molecule has 5 heavy (non-hydrogen) atoms. The number of nitrogens with zero attached hydrogens (tertiary/aromatic N) is 1. The fourth-order valence-electron chi connectivity index (χ4n) is 0. The summed E-state index contributed by atoms with van der Waals surface area (Å²) in [5, 5.41) is 0. The van der Waals surface area contributed by atoms with E-state index in [-0.39, 0.29) is 0 Å². The van der Waals surface area contributed by atoms with Crippen molar-refractivity contribution in [3.63, 3.8) is 0 Å². The van der Waals surface area contributed by atoms with E-state index < -0.39 is 10.3 Å². The van der Waals surface area contributed by atoms with Crippen LogP contribution in [0.15, 0.2) is 4.40 Å². The molecule has 0 saturated carbocycles. The maximum absolute atomic E-state index is 5.13. The fraction of sp³-hybridized carbons (Fsp3) is 0.500. The zero-order valence-electron chi connectivity index (χ0n) is 3.18. The van der Waals surface area contributed by atoms with Gasteiger partial charge in [-0.3, -0.25) is 0 Å². The molecule has 0 N–H and O–H groups in total. The van der Waals surface area contributed by atoms with E-state index in [1.54, 1.807) is 0 Å². The molecule has 0 spiro atoms. The van der Waals surface area contributed by atoms with Crippen LogP contribution in [0, 0.1) is 0 Å². The summed E-state index contributed by atoms with van der Waals surface area (Å²) in [5.74, 6) is 0. The van der Waals surface area contributed by atoms with E-state index in [1.165, 1.54) is 0 Å². The van der Waals surface area contributed by atoms with Crippen LogP contribution in [-0.2, 0) is 0 Å². The van der Waals surface area contributed by atoms with Crippen LogP contribution < -0.4 is 0 Å². The summed E-state index contributed by atoms with van der Waals surface area (Å²) in [6.45, 7) is 8.34. The van der Waals surface area contributed by atoms with Gasteiger partial charge in [0.25, 0.3) is 0 Å². The molecule has 0 heterocycles. The van der Waals surface area contributed by atoms with Crippen molar-refractivity contribution in [2.75, 3.05) is 6.26 Å². The van der Waals surface area contributed by atoms with Gasteiger partial charge in [0.15, 0.2) is 0 Å². The molecule has 0 rings (SSSR count). The van der Waals surface area contributed by atoms with Crippen LogP contribution in [0.4, 0.5) is 0 Å². The Morgan fingerprint density at radius 3 is 2.20 bits per heavy atom. The van der Waals surface area contributed by atoms with E-state index >= 15 is 0 Å². The summed E-state index contributed by atoms with van der Waals surface area (Å²) in [6.07, 6.45) is 1.84. The first-order valence-electron chi connectivity index (χ1n) is 1.22. The molecule has 0 aliphatic rings. The predicted molar refractivity (Wildman–Crippen MR) is 30.2 cm³/mol. The Morgan fingerprint density at radius 1 is 2.00 bits per heavy atom. The second-order valence-corrected chi connectivity index (χ2v) is 2.15. The van der Waals surface area contributed by atoms with Gasteiger partial charge in [-0.2, -0.15) is 0 Å². The van der Waals surface area contributed by atoms with Crippen molar-refractivity contribution in [1.29, 1.82) is 0 Å². The third-order valence-electron chi connectivity index (χ3n) is 0.223. The fourth-order valence-corrected chi connectivity index (χ4v) is 0. The van der Waals surface area contributed by atoms with E-state index in [0.29, 0.717) is 0 Å². The first-order chi connectivity index (χ1) is 2.27. The normalized spacial score (nSPS) is 14.2. The third-order valence-corrected chi connectivity index (χ3v) is 0.669. The number of thiol groups is 1. The number of rotatable bonds is 0. The average molecular weight is 87.0 g/mol. The van der Waals surface area contributed by atoms with E-state index in [1.807, 2.05) is 6.26 Å². The monoisotopic (exact) mass is 87.0 g/mol. The van der Waals surface area contributed by atoms with Gasteiger partial charge in [0, 0.05) is 0 Å². The molecule has 28 valence electrons. The number of hydrogen-bond donors (Lipinski definition) is 1. The molecule has 0 aromatic heterocycles. The second-order valence-electron chi connectivity index (χ2n) is 0.715. The Hall–Kier alpha value is 0.0849. The Balaban J connectivity index is 3.36. The summed E-state index contributed by atoms with van der Waals surface area (Å²) in [6, 6.07) is 0. The minimum absolute atomic E-state index is 0.584. The molecular formula is C2H6BNS. The molecule has 0 bridgehead atoms. The standard InChI is InChI=1S/C2H6BNS/c1-4-5(2)3/h5H,1H2,2H3. The molecule has 0 aromatic carbocycles. The molecule has 1 atom stereocenters. The van der Waals surface area contributed by atoms with Crippen LogP contribution >= 0.6 is 10.3 Å². The SMILES string of the molecule is B#[SH](C)N=C. The van der Waals surface area contributed by atoms with Crippen LogP contribution in [0.25, 0.3) is 0 Å². The Kier molecular flexibility index (Phi) is 2.37. The van der Waals surface area contributed by atoms with Crippen molar-refractivity contribution < 1.29 is 0 Å². The van der Waals surface area contributed by atoms with E-state index in [2.05, 4.69) is 11.1 Å².